The molecule has 5 nitrogen and oxygen atoms in total. The molecule has 1 atom stereocenters. The Morgan fingerprint density at radius 1 is 1.36 bits per heavy atom. The van der Waals surface area contributed by atoms with Gasteiger partial charge in [-0.25, -0.2) is 4.98 Å². The molecule has 0 amide bonds. The quantitative estimate of drug-likeness (QED) is 0.737. The number of hydrazine groups is 1. The number of furan rings is 1. The summed E-state index contributed by atoms with van der Waals surface area (Å²) in [6.07, 6.45) is 5.00. The first kappa shape index (κ1) is 10.4. The Morgan fingerprint density at radius 2 is 2.23 bits per heavy atom. The third-order valence-corrected chi connectivity index (χ3v) is 4.27. The van der Waals surface area contributed by atoms with E-state index < -0.39 is 6.98 Å². The van der Waals surface area contributed by atoms with E-state index in [4.69, 9.17) is 8.53 Å². The van der Waals surface area contributed by atoms with Crippen LogP contribution in [0.25, 0.3) is 23.3 Å². The highest BCUT2D eigenvalue weighted by atomic mass is 16.3. The van der Waals surface area contributed by atoms with Gasteiger partial charge in [0.25, 0.3) is 0 Å². The highest BCUT2D eigenvalue weighted by molar-refractivity contribution is 6.70. The summed E-state index contributed by atoms with van der Waals surface area (Å²) in [5, 5.41) is 3.94. The second-order valence-corrected chi connectivity index (χ2v) is 5.82. The van der Waals surface area contributed by atoms with E-state index in [0.29, 0.717) is 5.71 Å². The molecular formula is C16H19BN4O. The van der Waals surface area contributed by atoms with Gasteiger partial charge >= 0.3 is 6.85 Å². The van der Waals surface area contributed by atoms with Crippen LogP contribution in [0.3, 0.4) is 0 Å². The van der Waals surface area contributed by atoms with Crippen LogP contribution in [0.4, 0.5) is 0 Å². The summed E-state index contributed by atoms with van der Waals surface area (Å²) in [5.74, 6) is 2.12. The summed E-state index contributed by atoms with van der Waals surface area (Å²) in [7, 11) is 0. The van der Waals surface area contributed by atoms with E-state index in [1.807, 2.05) is 42.1 Å². The van der Waals surface area contributed by atoms with Crippen LogP contribution in [0.2, 0.25) is 6.82 Å². The monoisotopic (exact) mass is 297 g/mol. The van der Waals surface area contributed by atoms with Crippen molar-refractivity contribution in [2.24, 2.45) is 0 Å². The number of fused-ring (bicyclic) bond motifs is 3. The number of hydrogen-bond acceptors (Lipinski definition) is 5. The smallest absolute Gasteiger partial charge is 0.304 e. The molecule has 2 aliphatic heterocycles. The third kappa shape index (κ3) is 1.83. The number of aryl methyl sites for hydroxylation is 1. The lowest BCUT2D eigenvalue weighted by Gasteiger charge is -2.39. The van der Waals surface area contributed by atoms with Gasteiger partial charge in [0.15, 0.2) is 5.42 Å². The van der Waals surface area contributed by atoms with Gasteiger partial charge in [0.2, 0.25) is 5.71 Å². The highest BCUT2D eigenvalue weighted by Crippen LogP contribution is 2.19. The predicted octanol–water partition coefficient (Wildman–Crippen LogP) is 1.11. The van der Waals surface area contributed by atoms with E-state index in [9.17, 15) is 0 Å². The van der Waals surface area contributed by atoms with Gasteiger partial charge in [-0.15, -0.1) is 0 Å². The van der Waals surface area contributed by atoms with Crippen LogP contribution in [-0.2, 0) is 0 Å². The van der Waals surface area contributed by atoms with Crippen molar-refractivity contribution in [3.05, 3.63) is 40.9 Å². The summed E-state index contributed by atoms with van der Waals surface area (Å²) in [4.78, 5) is 7.81. The molecule has 22 heavy (non-hydrogen) atoms. The number of aromatic nitrogens is 1. The van der Waals surface area contributed by atoms with Gasteiger partial charge in [-0.1, -0.05) is 12.8 Å². The van der Waals surface area contributed by atoms with Gasteiger partial charge in [0, 0.05) is 39.8 Å². The zero-order valence-electron chi connectivity index (χ0n) is 15.8. The molecular weight excluding hydrogens is 275 g/mol. The SMILES string of the molecule is [2H]C([2H])([2H])N1C=CN(N2C=c3oc4nc(C)ccc4c3=CB2C)[C@H]1C. The Labute approximate surface area is 134 Å². The first-order chi connectivity index (χ1) is 11.8. The summed E-state index contributed by atoms with van der Waals surface area (Å²) < 4.78 is 28.9. The maximum atomic E-state index is 7.64. The molecule has 0 aliphatic carbocycles. The zero-order valence-corrected chi connectivity index (χ0v) is 12.8. The van der Waals surface area contributed by atoms with Crippen LogP contribution in [-0.4, -0.2) is 39.8 Å². The second-order valence-electron chi connectivity index (χ2n) is 5.82. The zero-order chi connectivity index (χ0) is 17.9. The van der Waals surface area contributed by atoms with Gasteiger partial charge in [-0.05, 0) is 26.0 Å². The molecule has 112 valence electrons. The molecule has 0 fully saturated rings. The lowest BCUT2D eigenvalue weighted by Crippen LogP contribution is -2.52. The van der Waals surface area contributed by atoms with E-state index in [1.165, 1.54) is 4.90 Å². The maximum Gasteiger partial charge on any atom is 0.304 e. The number of pyridine rings is 1. The molecule has 0 bridgehead atoms. The van der Waals surface area contributed by atoms with Crippen LogP contribution < -0.4 is 10.6 Å². The largest absolute Gasteiger partial charge is 0.436 e. The van der Waals surface area contributed by atoms with Crippen LogP contribution in [0.1, 0.15) is 16.7 Å². The van der Waals surface area contributed by atoms with Gasteiger partial charge in [0.05, 0.1) is 6.20 Å². The fourth-order valence-corrected chi connectivity index (χ4v) is 2.99. The molecule has 0 saturated heterocycles. The van der Waals surface area contributed by atoms with Gasteiger partial charge < -0.3 is 14.2 Å². The van der Waals surface area contributed by atoms with Crippen molar-refractivity contribution in [1.29, 1.82) is 0 Å². The topological polar surface area (TPSA) is 35.8 Å². The summed E-state index contributed by atoms with van der Waals surface area (Å²) in [5.41, 5.74) is 2.27. The minimum atomic E-state index is -2.17. The lowest BCUT2D eigenvalue weighted by atomic mass is 9.63. The lowest BCUT2D eigenvalue weighted by molar-refractivity contribution is 0.0849. The van der Waals surface area contributed by atoms with E-state index in [2.05, 4.69) is 17.8 Å². The fourth-order valence-electron chi connectivity index (χ4n) is 2.99. The second kappa shape index (κ2) is 4.56. The van der Waals surface area contributed by atoms with Crippen molar-refractivity contribution in [3.8, 4) is 0 Å². The minimum absolute atomic E-state index is 0.0539. The van der Waals surface area contributed by atoms with Crippen molar-refractivity contribution in [2.45, 2.75) is 26.8 Å². The van der Waals surface area contributed by atoms with Gasteiger partial charge in [0.1, 0.15) is 6.17 Å². The van der Waals surface area contributed by atoms with Crippen LogP contribution in [0.5, 0.6) is 0 Å². The molecule has 0 aromatic carbocycles. The van der Waals surface area contributed by atoms with Crippen LogP contribution in [0, 0.1) is 6.92 Å². The normalized spacial score (nSPS) is 23.0. The molecule has 2 aromatic rings. The van der Waals surface area contributed by atoms with Crippen molar-refractivity contribution >= 4 is 30.1 Å². The molecule has 0 unspecified atom stereocenters. The standard InChI is InChI=1S/C16H19BN4O/c1-11-5-6-13-14-9-17(3)21(10-15(14)22-16(13)18-11)20-8-7-19(4)12(20)2/h5-10,12H,1-4H3/t12-/m0/s1/i4D3. The Hall–Kier alpha value is -2.37. The van der Waals surface area contributed by atoms with Crippen molar-refractivity contribution in [2.75, 3.05) is 6.98 Å². The molecule has 0 saturated carbocycles. The van der Waals surface area contributed by atoms with E-state index >= 15 is 0 Å². The molecule has 2 aliphatic rings. The molecule has 4 heterocycles. The average Bonchev–Trinajstić information content (AvgIpc) is 3.06. The molecule has 2 aromatic heterocycles. The van der Waals surface area contributed by atoms with Gasteiger partial charge in [-0.3, -0.25) is 5.01 Å². The van der Waals surface area contributed by atoms with Crippen molar-refractivity contribution < 1.29 is 8.53 Å². The minimum Gasteiger partial charge on any atom is -0.436 e. The first-order valence-corrected chi connectivity index (χ1v) is 7.39. The Bertz CT molecular complexity index is 984. The van der Waals surface area contributed by atoms with E-state index in [0.717, 1.165) is 21.7 Å². The number of nitrogens with zero attached hydrogens (tertiary/aromatic N) is 4. The Kier molecular flexibility index (Phi) is 2.15. The molecule has 4 rings (SSSR count). The predicted molar refractivity (Wildman–Crippen MR) is 88.6 cm³/mol. The van der Waals surface area contributed by atoms with Gasteiger partial charge in [-0.2, -0.15) is 0 Å². The highest BCUT2D eigenvalue weighted by Gasteiger charge is 2.29. The molecule has 6 heteroatoms. The van der Waals surface area contributed by atoms with E-state index in [-0.39, 0.29) is 13.0 Å². The molecule has 0 spiro atoms. The average molecular weight is 297 g/mol. The van der Waals surface area contributed by atoms with Crippen LogP contribution in [0.15, 0.2) is 28.9 Å². The summed E-state index contributed by atoms with van der Waals surface area (Å²) in [6.45, 7) is 3.76. The maximum absolute atomic E-state index is 7.64. The number of rotatable bonds is 1. The van der Waals surface area contributed by atoms with Crippen LogP contribution >= 0.6 is 0 Å². The number of hydrogen-bond donors (Lipinski definition) is 0. The van der Waals surface area contributed by atoms with Crippen molar-refractivity contribution in [1.82, 2.24) is 19.8 Å². The molecule has 0 radical (unpaired) electrons. The first-order valence-electron chi connectivity index (χ1n) is 8.89. The fraction of sp³-hybridized carbons (Fsp3) is 0.312. The molecule has 0 N–H and O–H groups in total. The third-order valence-electron chi connectivity index (χ3n) is 4.27. The Balaban J connectivity index is 1.76. The summed E-state index contributed by atoms with van der Waals surface area (Å²) >= 11 is 0. The summed E-state index contributed by atoms with van der Waals surface area (Å²) in [6, 6.07) is 4.00. The van der Waals surface area contributed by atoms with Crippen molar-refractivity contribution in [3.63, 3.8) is 0 Å². The van der Waals surface area contributed by atoms with E-state index in [1.54, 1.807) is 12.4 Å². The Morgan fingerprint density at radius 3 is 3.00 bits per heavy atom.